The second-order valence-corrected chi connectivity index (χ2v) is 3.67. The first kappa shape index (κ1) is 12.8. The van der Waals surface area contributed by atoms with Gasteiger partial charge in [0.25, 0.3) is 5.91 Å². The summed E-state index contributed by atoms with van der Waals surface area (Å²) in [5, 5.41) is 11.5. The van der Waals surface area contributed by atoms with Crippen molar-refractivity contribution in [2.45, 2.75) is 0 Å². The number of benzene rings is 1. The highest BCUT2D eigenvalue weighted by Gasteiger charge is 2.08. The zero-order valence-electron chi connectivity index (χ0n) is 10.1. The van der Waals surface area contributed by atoms with E-state index < -0.39 is 11.6 Å². The molecule has 2 N–H and O–H groups in total. The molecule has 1 aromatic heterocycles. The van der Waals surface area contributed by atoms with Crippen molar-refractivity contribution in [3.8, 4) is 17.2 Å². The number of carbonyl (C=O) groups excluding carboxylic acids is 1. The van der Waals surface area contributed by atoms with Gasteiger partial charge in [-0.05, 0) is 18.2 Å². The lowest BCUT2D eigenvalue weighted by atomic mass is 10.3. The van der Waals surface area contributed by atoms with Gasteiger partial charge in [-0.2, -0.15) is 0 Å². The van der Waals surface area contributed by atoms with E-state index in [-0.39, 0.29) is 17.4 Å². The number of ether oxygens (including phenoxy) is 1. The van der Waals surface area contributed by atoms with Gasteiger partial charge in [0.1, 0.15) is 17.2 Å². The number of halogens is 1. The number of carbonyl (C=O) groups is 1. The van der Waals surface area contributed by atoms with E-state index in [9.17, 15) is 9.18 Å². The highest BCUT2D eigenvalue weighted by atomic mass is 19.1. The summed E-state index contributed by atoms with van der Waals surface area (Å²) in [7, 11) is 1.49. The Bertz CT molecular complexity index is 617. The van der Waals surface area contributed by atoms with Crippen LogP contribution in [0.25, 0.3) is 0 Å². The molecule has 0 aliphatic rings. The third-order valence-corrected chi connectivity index (χ3v) is 2.35. The summed E-state index contributed by atoms with van der Waals surface area (Å²) in [6, 6.07) is 6.63. The smallest absolute Gasteiger partial charge is 0.269 e. The molecule has 0 atom stereocenters. The van der Waals surface area contributed by atoms with Crippen LogP contribution < -0.4 is 10.1 Å². The van der Waals surface area contributed by atoms with E-state index in [0.717, 1.165) is 6.07 Å². The van der Waals surface area contributed by atoms with E-state index in [4.69, 9.17) is 9.84 Å². The molecule has 0 unspecified atom stereocenters. The van der Waals surface area contributed by atoms with Crippen LogP contribution in [-0.4, -0.2) is 23.0 Å². The predicted octanol–water partition coefficient (Wildman–Crippen LogP) is 2.08. The van der Waals surface area contributed by atoms with Crippen molar-refractivity contribution >= 4 is 5.91 Å². The number of aromatic hydroxyl groups is 1. The summed E-state index contributed by atoms with van der Waals surface area (Å²) in [4.78, 5) is 15.3. The van der Waals surface area contributed by atoms with E-state index in [1.807, 2.05) is 0 Å². The minimum atomic E-state index is -0.780. The average molecular weight is 262 g/mol. The number of hydrogen-bond donors (Lipinski definition) is 2. The molecule has 1 amide bonds. The lowest BCUT2D eigenvalue weighted by Crippen LogP contribution is -2.18. The molecule has 0 aliphatic carbocycles. The molecule has 0 aliphatic heterocycles. The summed E-state index contributed by atoms with van der Waals surface area (Å²) in [6.07, 6.45) is 1.41. The quantitative estimate of drug-likeness (QED) is 0.888. The van der Waals surface area contributed by atoms with Crippen LogP contribution in [0.1, 0.15) is 10.5 Å². The van der Waals surface area contributed by atoms with E-state index >= 15 is 0 Å². The van der Waals surface area contributed by atoms with Crippen LogP contribution in [0.3, 0.4) is 0 Å². The minimum Gasteiger partial charge on any atom is -0.505 e. The molecular formula is C13H11FN2O3. The summed E-state index contributed by atoms with van der Waals surface area (Å²) in [5.74, 6) is -1.02. The molecule has 0 bridgehead atoms. The van der Waals surface area contributed by atoms with Crippen molar-refractivity contribution in [1.82, 2.24) is 10.3 Å². The van der Waals surface area contributed by atoms with Gasteiger partial charge in [-0.25, -0.2) is 4.39 Å². The molecule has 6 heteroatoms. The Morgan fingerprint density at radius 2 is 2.05 bits per heavy atom. The largest absolute Gasteiger partial charge is 0.505 e. The molecule has 5 nitrogen and oxygen atoms in total. The zero-order chi connectivity index (χ0) is 13.8. The van der Waals surface area contributed by atoms with Crippen molar-refractivity contribution < 1.29 is 19.0 Å². The molecule has 0 spiro atoms. The van der Waals surface area contributed by atoms with Gasteiger partial charge in [0.15, 0.2) is 11.6 Å². The Hall–Kier alpha value is -2.63. The van der Waals surface area contributed by atoms with E-state index in [1.54, 1.807) is 0 Å². The van der Waals surface area contributed by atoms with Crippen LogP contribution >= 0.6 is 0 Å². The molecule has 0 fully saturated rings. The first-order chi connectivity index (χ1) is 9.10. The second-order valence-electron chi connectivity index (χ2n) is 3.67. The van der Waals surface area contributed by atoms with Gasteiger partial charge in [-0.15, -0.1) is 0 Å². The number of aromatic nitrogens is 1. The van der Waals surface area contributed by atoms with Gasteiger partial charge >= 0.3 is 0 Å². The van der Waals surface area contributed by atoms with E-state index in [2.05, 4.69) is 10.3 Å². The number of phenols is 1. The fraction of sp³-hybridized carbons (Fsp3) is 0.0769. The molecule has 2 aromatic rings. The Labute approximate surface area is 108 Å². The fourth-order valence-corrected chi connectivity index (χ4v) is 1.41. The van der Waals surface area contributed by atoms with Gasteiger partial charge in [-0.3, -0.25) is 9.78 Å². The van der Waals surface area contributed by atoms with Crippen LogP contribution in [0.15, 0.2) is 36.5 Å². The van der Waals surface area contributed by atoms with E-state index in [0.29, 0.717) is 5.75 Å². The number of nitrogens with one attached hydrogen (secondary N) is 1. The molecule has 19 heavy (non-hydrogen) atoms. The van der Waals surface area contributed by atoms with Gasteiger partial charge in [0, 0.05) is 25.4 Å². The molecule has 98 valence electrons. The summed E-state index contributed by atoms with van der Waals surface area (Å²) < 4.78 is 18.5. The van der Waals surface area contributed by atoms with Gasteiger partial charge in [0.2, 0.25) is 0 Å². The van der Waals surface area contributed by atoms with Crippen LogP contribution in [0.5, 0.6) is 17.2 Å². The van der Waals surface area contributed by atoms with Crippen molar-refractivity contribution in [3.63, 3.8) is 0 Å². The Morgan fingerprint density at radius 3 is 2.74 bits per heavy atom. The molecule has 0 saturated carbocycles. The Morgan fingerprint density at radius 1 is 1.32 bits per heavy atom. The van der Waals surface area contributed by atoms with Crippen molar-refractivity contribution in [3.05, 3.63) is 48.0 Å². The molecule has 2 rings (SSSR count). The first-order valence-electron chi connectivity index (χ1n) is 5.44. The molecule has 1 aromatic carbocycles. The lowest BCUT2D eigenvalue weighted by Gasteiger charge is -2.07. The molecule has 0 radical (unpaired) electrons. The van der Waals surface area contributed by atoms with Gasteiger partial charge in [-0.1, -0.05) is 0 Å². The number of nitrogens with zero attached hydrogens (tertiary/aromatic N) is 1. The number of pyridine rings is 1. The highest BCUT2D eigenvalue weighted by molar-refractivity contribution is 5.92. The average Bonchev–Trinajstić information content (AvgIpc) is 2.42. The summed E-state index contributed by atoms with van der Waals surface area (Å²) in [5.41, 5.74) is 0.194. The number of rotatable bonds is 3. The topological polar surface area (TPSA) is 71.5 Å². The lowest BCUT2D eigenvalue weighted by molar-refractivity contribution is 0.0958. The van der Waals surface area contributed by atoms with Crippen molar-refractivity contribution in [2.75, 3.05) is 7.05 Å². The van der Waals surface area contributed by atoms with Crippen LogP contribution in [0, 0.1) is 5.82 Å². The Kier molecular flexibility index (Phi) is 3.61. The van der Waals surface area contributed by atoms with Crippen molar-refractivity contribution in [1.29, 1.82) is 0 Å². The third kappa shape index (κ3) is 2.98. The van der Waals surface area contributed by atoms with Gasteiger partial charge in [0.05, 0.1) is 0 Å². The Balaban J connectivity index is 2.23. The SMILES string of the molecule is CNC(=O)c1cc(Oc2ccc(O)c(F)c2)ccn1. The maximum Gasteiger partial charge on any atom is 0.269 e. The van der Waals surface area contributed by atoms with Crippen LogP contribution in [0.2, 0.25) is 0 Å². The fourth-order valence-electron chi connectivity index (χ4n) is 1.41. The minimum absolute atomic E-state index is 0.194. The third-order valence-electron chi connectivity index (χ3n) is 2.35. The predicted molar refractivity (Wildman–Crippen MR) is 65.8 cm³/mol. The number of hydrogen-bond acceptors (Lipinski definition) is 4. The normalized spacial score (nSPS) is 10.0. The highest BCUT2D eigenvalue weighted by Crippen LogP contribution is 2.25. The van der Waals surface area contributed by atoms with Gasteiger partial charge < -0.3 is 15.2 Å². The zero-order valence-corrected chi connectivity index (χ0v) is 10.1. The monoisotopic (exact) mass is 262 g/mol. The molecule has 1 heterocycles. The number of phenolic OH excluding ortho intramolecular Hbond substituents is 1. The first-order valence-corrected chi connectivity index (χ1v) is 5.44. The maximum atomic E-state index is 13.1. The molecule has 0 saturated heterocycles. The maximum absolute atomic E-state index is 13.1. The summed E-state index contributed by atoms with van der Waals surface area (Å²) >= 11 is 0. The second kappa shape index (κ2) is 5.34. The van der Waals surface area contributed by atoms with Crippen molar-refractivity contribution in [2.24, 2.45) is 0 Å². The number of amides is 1. The summed E-state index contributed by atoms with van der Waals surface area (Å²) in [6.45, 7) is 0. The van der Waals surface area contributed by atoms with Crippen LogP contribution in [-0.2, 0) is 0 Å². The van der Waals surface area contributed by atoms with E-state index in [1.165, 1.54) is 37.5 Å². The molecular weight excluding hydrogens is 251 g/mol. The van der Waals surface area contributed by atoms with Crippen LogP contribution in [0.4, 0.5) is 4.39 Å². The standard InChI is InChI=1S/C13H11FN2O3/c1-15-13(18)11-7-9(4-5-16-11)19-8-2-3-12(17)10(14)6-8/h2-7,17H,1H3,(H,15,18).